The van der Waals surface area contributed by atoms with Gasteiger partial charge >= 0.3 is 0 Å². The molecule has 0 spiro atoms. The molecule has 3 aromatic rings. The summed E-state index contributed by atoms with van der Waals surface area (Å²) in [5.41, 5.74) is 1.60. The summed E-state index contributed by atoms with van der Waals surface area (Å²) in [5, 5.41) is 13.0. The van der Waals surface area contributed by atoms with E-state index in [-0.39, 0.29) is 30.7 Å². The second-order valence-electron chi connectivity index (χ2n) is 8.28. The van der Waals surface area contributed by atoms with Crippen LogP contribution in [0.15, 0.2) is 66.7 Å². The van der Waals surface area contributed by atoms with Gasteiger partial charge in [-0.1, -0.05) is 54.6 Å². The SMILES string of the molecule is O=Cc1cccc(OCC(O)CN(Cc2cccc3ccccc23)C2CCS(=O)(=O)C2)c1. The molecule has 0 bridgehead atoms. The summed E-state index contributed by atoms with van der Waals surface area (Å²) in [4.78, 5) is 13.0. The smallest absolute Gasteiger partial charge is 0.151 e. The van der Waals surface area contributed by atoms with E-state index in [4.69, 9.17) is 4.74 Å². The lowest BCUT2D eigenvalue weighted by atomic mass is 10.0. The second kappa shape index (κ2) is 9.81. The van der Waals surface area contributed by atoms with Crippen molar-refractivity contribution in [3.8, 4) is 5.75 Å². The number of hydrogen-bond acceptors (Lipinski definition) is 6. The van der Waals surface area contributed by atoms with E-state index in [1.54, 1.807) is 24.3 Å². The highest BCUT2D eigenvalue weighted by Gasteiger charge is 2.33. The van der Waals surface area contributed by atoms with Gasteiger partial charge in [0.2, 0.25) is 0 Å². The van der Waals surface area contributed by atoms with Crippen molar-refractivity contribution in [2.75, 3.05) is 24.7 Å². The first-order valence-electron chi connectivity index (χ1n) is 10.7. The van der Waals surface area contributed by atoms with Gasteiger partial charge in [0.05, 0.1) is 11.5 Å². The summed E-state index contributed by atoms with van der Waals surface area (Å²) in [6.45, 7) is 0.879. The van der Waals surface area contributed by atoms with Crippen molar-refractivity contribution in [3.63, 3.8) is 0 Å². The fourth-order valence-electron chi connectivity index (χ4n) is 4.25. The summed E-state index contributed by atoms with van der Waals surface area (Å²) in [6, 6.07) is 20.8. The van der Waals surface area contributed by atoms with Crippen LogP contribution in [0.25, 0.3) is 10.8 Å². The number of aliphatic hydroxyl groups excluding tert-OH is 1. The quantitative estimate of drug-likeness (QED) is 0.502. The Morgan fingerprint density at radius 1 is 1.09 bits per heavy atom. The van der Waals surface area contributed by atoms with Crippen LogP contribution in [0.5, 0.6) is 5.75 Å². The molecule has 2 atom stereocenters. The van der Waals surface area contributed by atoms with Crippen molar-refractivity contribution >= 4 is 26.9 Å². The van der Waals surface area contributed by atoms with E-state index in [0.29, 0.717) is 24.3 Å². The minimum absolute atomic E-state index is 0.0494. The third kappa shape index (κ3) is 5.54. The zero-order chi connectivity index (χ0) is 22.6. The molecule has 2 unspecified atom stereocenters. The summed E-state index contributed by atoms with van der Waals surface area (Å²) in [5.74, 6) is 0.791. The standard InChI is InChI=1S/C25H27NO5S/c27-16-19-5-3-9-24(13-19)31-17-23(28)15-26(22-11-12-32(29,30)18-22)14-21-8-4-7-20-6-1-2-10-25(20)21/h1-10,13,16,22-23,28H,11-12,14-15,17-18H2. The average molecular weight is 454 g/mol. The van der Waals surface area contributed by atoms with Crippen LogP contribution in [0.3, 0.4) is 0 Å². The average Bonchev–Trinajstić information content (AvgIpc) is 3.17. The Bertz CT molecular complexity index is 1190. The summed E-state index contributed by atoms with van der Waals surface area (Å²) in [7, 11) is -3.06. The maximum Gasteiger partial charge on any atom is 0.151 e. The molecule has 0 saturated carbocycles. The molecule has 1 aliphatic rings. The van der Waals surface area contributed by atoms with Crippen LogP contribution in [0.1, 0.15) is 22.3 Å². The summed E-state index contributed by atoms with van der Waals surface area (Å²) >= 11 is 0. The number of sulfone groups is 1. The minimum Gasteiger partial charge on any atom is -0.491 e. The van der Waals surface area contributed by atoms with Crippen LogP contribution in [-0.2, 0) is 16.4 Å². The van der Waals surface area contributed by atoms with Gasteiger partial charge in [-0.15, -0.1) is 0 Å². The Balaban J connectivity index is 1.49. The molecule has 32 heavy (non-hydrogen) atoms. The van der Waals surface area contributed by atoms with Crippen LogP contribution in [0.2, 0.25) is 0 Å². The first kappa shape index (κ1) is 22.5. The third-order valence-corrected chi connectivity index (χ3v) is 7.61. The predicted molar refractivity (Wildman–Crippen MR) is 125 cm³/mol. The largest absolute Gasteiger partial charge is 0.491 e. The van der Waals surface area contributed by atoms with Crippen molar-refractivity contribution in [1.29, 1.82) is 0 Å². The Kier molecular flexibility index (Phi) is 6.89. The van der Waals surface area contributed by atoms with Crippen LogP contribution in [0, 0.1) is 0 Å². The van der Waals surface area contributed by atoms with E-state index in [1.807, 2.05) is 24.3 Å². The fraction of sp³-hybridized carbons (Fsp3) is 0.320. The topological polar surface area (TPSA) is 83.9 Å². The highest BCUT2D eigenvalue weighted by atomic mass is 32.2. The first-order chi connectivity index (χ1) is 15.4. The Labute approximate surface area is 188 Å². The molecule has 0 aromatic heterocycles. The predicted octanol–water partition coefficient (Wildman–Crippen LogP) is 3.08. The zero-order valence-electron chi connectivity index (χ0n) is 17.8. The van der Waals surface area contributed by atoms with Gasteiger partial charge in [-0.05, 0) is 34.9 Å². The number of nitrogens with zero attached hydrogens (tertiary/aromatic N) is 1. The number of benzene rings is 3. The lowest BCUT2D eigenvalue weighted by Crippen LogP contribution is -2.42. The molecule has 1 aliphatic heterocycles. The lowest BCUT2D eigenvalue weighted by Gasteiger charge is -2.30. The van der Waals surface area contributed by atoms with Crippen molar-refractivity contribution in [2.45, 2.75) is 25.1 Å². The molecule has 1 saturated heterocycles. The summed E-state index contributed by atoms with van der Waals surface area (Å²) < 4.78 is 29.9. The number of fused-ring (bicyclic) bond motifs is 1. The van der Waals surface area contributed by atoms with Crippen LogP contribution in [0.4, 0.5) is 0 Å². The molecule has 0 radical (unpaired) electrons. The number of carbonyl (C=O) groups is 1. The van der Waals surface area contributed by atoms with Crippen molar-refractivity contribution in [3.05, 3.63) is 77.9 Å². The third-order valence-electron chi connectivity index (χ3n) is 5.86. The van der Waals surface area contributed by atoms with Crippen molar-refractivity contribution < 1.29 is 23.1 Å². The van der Waals surface area contributed by atoms with E-state index in [9.17, 15) is 18.3 Å². The number of aliphatic hydroxyl groups is 1. The van der Waals surface area contributed by atoms with E-state index < -0.39 is 15.9 Å². The maximum absolute atomic E-state index is 12.1. The zero-order valence-corrected chi connectivity index (χ0v) is 18.6. The van der Waals surface area contributed by atoms with Crippen molar-refractivity contribution in [1.82, 2.24) is 4.90 Å². The number of hydrogen-bond donors (Lipinski definition) is 1. The first-order valence-corrected chi connectivity index (χ1v) is 12.5. The van der Waals surface area contributed by atoms with Gasteiger partial charge in [0.1, 0.15) is 24.7 Å². The fourth-order valence-corrected chi connectivity index (χ4v) is 6.01. The molecule has 6 nitrogen and oxygen atoms in total. The van der Waals surface area contributed by atoms with Crippen LogP contribution >= 0.6 is 0 Å². The Morgan fingerprint density at radius 2 is 1.88 bits per heavy atom. The molecule has 168 valence electrons. The Hall–Kier alpha value is -2.74. The molecular weight excluding hydrogens is 426 g/mol. The second-order valence-corrected chi connectivity index (χ2v) is 10.5. The van der Waals surface area contributed by atoms with E-state index in [2.05, 4.69) is 23.1 Å². The van der Waals surface area contributed by atoms with Gasteiger partial charge in [0.25, 0.3) is 0 Å². The van der Waals surface area contributed by atoms with Crippen LogP contribution < -0.4 is 4.74 Å². The van der Waals surface area contributed by atoms with Gasteiger partial charge in [-0.25, -0.2) is 8.42 Å². The molecule has 1 heterocycles. The number of rotatable bonds is 9. The van der Waals surface area contributed by atoms with Gasteiger partial charge in [-0.3, -0.25) is 9.69 Å². The molecule has 1 N–H and O–H groups in total. The van der Waals surface area contributed by atoms with Gasteiger partial charge in [-0.2, -0.15) is 0 Å². The minimum atomic E-state index is -3.06. The van der Waals surface area contributed by atoms with E-state index >= 15 is 0 Å². The highest BCUT2D eigenvalue weighted by molar-refractivity contribution is 7.91. The molecule has 3 aromatic carbocycles. The highest BCUT2D eigenvalue weighted by Crippen LogP contribution is 2.25. The van der Waals surface area contributed by atoms with E-state index in [1.165, 1.54) is 0 Å². The summed E-state index contributed by atoms with van der Waals surface area (Å²) in [6.07, 6.45) is 0.491. The van der Waals surface area contributed by atoms with Crippen LogP contribution in [-0.4, -0.2) is 61.5 Å². The van der Waals surface area contributed by atoms with Crippen molar-refractivity contribution in [2.24, 2.45) is 0 Å². The molecular formula is C25H27NO5S. The lowest BCUT2D eigenvalue weighted by molar-refractivity contribution is 0.0526. The normalized spacial score (nSPS) is 18.6. The molecule has 0 aliphatic carbocycles. The van der Waals surface area contributed by atoms with Gasteiger partial charge in [0, 0.05) is 24.7 Å². The molecule has 0 amide bonds. The monoisotopic (exact) mass is 453 g/mol. The Morgan fingerprint density at radius 3 is 2.66 bits per heavy atom. The van der Waals surface area contributed by atoms with Gasteiger partial charge in [0.15, 0.2) is 9.84 Å². The maximum atomic E-state index is 12.1. The number of ether oxygens (including phenoxy) is 1. The molecule has 4 rings (SSSR count). The molecule has 1 fully saturated rings. The number of aldehydes is 1. The van der Waals surface area contributed by atoms with Gasteiger partial charge < -0.3 is 9.84 Å². The number of carbonyl (C=O) groups excluding carboxylic acids is 1. The van der Waals surface area contributed by atoms with E-state index in [0.717, 1.165) is 22.6 Å². The molecule has 7 heteroatoms.